The van der Waals surface area contributed by atoms with Crippen molar-refractivity contribution in [2.75, 3.05) is 18.4 Å². The summed E-state index contributed by atoms with van der Waals surface area (Å²) < 4.78 is 1.13. The quantitative estimate of drug-likeness (QED) is 0.439. The molecule has 0 spiro atoms. The zero-order valence-electron chi connectivity index (χ0n) is 16.6. The van der Waals surface area contributed by atoms with Crippen LogP contribution in [0, 0.1) is 0 Å². The van der Waals surface area contributed by atoms with Gasteiger partial charge >= 0.3 is 5.97 Å². The van der Waals surface area contributed by atoms with Crippen molar-refractivity contribution in [3.63, 3.8) is 0 Å². The number of aliphatic carboxylic acids is 1. The molecule has 8 heteroatoms. The number of para-hydroxylation sites is 1. The van der Waals surface area contributed by atoms with Gasteiger partial charge in [0.05, 0.1) is 29.0 Å². The monoisotopic (exact) mass is 432 g/mol. The van der Waals surface area contributed by atoms with E-state index in [2.05, 4.69) is 15.3 Å². The third-order valence-electron chi connectivity index (χ3n) is 4.55. The van der Waals surface area contributed by atoms with Gasteiger partial charge in [-0.15, -0.1) is 11.3 Å². The van der Waals surface area contributed by atoms with Crippen molar-refractivity contribution in [1.29, 1.82) is 0 Å². The van der Waals surface area contributed by atoms with E-state index in [1.165, 1.54) is 4.90 Å². The van der Waals surface area contributed by atoms with Crippen LogP contribution in [0.5, 0.6) is 0 Å². The number of pyridine rings is 1. The lowest BCUT2D eigenvalue weighted by molar-refractivity contribution is -0.138. The summed E-state index contributed by atoms with van der Waals surface area (Å²) in [6, 6.07) is 20.9. The summed E-state index contributed by atoms with van der Waals surface area (Å²) in [5.74, 6) is -1.28. The molecule has 0 aliphatic heterocycles. The number of aromatic nitrogens is 2. The number of carboxylic acids is 1. The van der Waals surface area contributed by atoms with Crippen LogP contribution >= 0.6 is 11.3 Å². The Labute approximate surface area is 183 Å². The van der Waals surface area contributed by atoms with E-state index in [-0.39, 0.29) is 25.5 Å². The number of fused-ring (bicyclic) bond motifs is 1. The standard InChI is InChI=1S/C23H20N4O3S/c28-21(14-27(15-22(29)30)13-18-5-3-4-12-24-18)25-17-10-8-16(9-11-17)23-26-19-6-1-2-7-20(19)31-23/h1-12H,13-15H2,(H,25,28)(H,29,30). The molecule has 7 nitrogen and oxygen atoms in total. The Morgan fingerprint density at radius 3 is 2.45 bits per heavy atom. The van der Waals surface area contributed by atoms with Crippen LogP contribution in [0.25, 0.3) is 20.8 Å². The number of hydrogen-bond donors (Lipinski definition) is 2. The Balaban J connectivity index is 1.40. The molecule has 0 saturated carbocycles. The lowest BCUT2D eigenvalue weighted by Crippen LogP contribution is -2.36. The van der Waals surface area contributed by atoms with Gasteiger partial charge in [0.1, 0.15) is 5.01 Å². The first-order valence-electron chi connectivity index (χ1n) is 9.67. The predicted molar refractivity (Wildman–Crippen MR) is 121 cm³/mol. The van der Waals surface area contributed by atoms with Crippen LogP contribution in [-0.2, 0) is 16.1 Å². The number of carbonyl (C=O) groups is 2. The Hall–Kier alpha value is -3.62. The van der Waals surface area contributed by atoms with Crippen molar-refractivity contribution in [2.24, 2.45) is 0 Å². The topological polar surface area (TPSA) is 95.4 Å². The first-order valence-corrected chi connectivity index (χ1v) is 10.5. The molecule has 156 valence electrons. The van der Waals surface area contributed by atoms with Crippen molar-refractivity contribution in [3.05, 3.63) is 78.6 Å². The average Bonchev–Trinajstić information content (AvgIpc) is 3.19. The number of carboxylic acid groups (broad SMARTS) is 1. The first-order chi connectivity index (χ1) is 15.1. The maximum atomic E-state index is 12.5. The predicted octanol–water partition coefficient (Wildman–Crippen LogP) is 3.88. The van der Waals surface area contributed by atoms with Gasteiger partial charge in [0.25, 0.3) is 0 Å². The molecule has 2 heterocycles. The van der Waals surface area contributed by atoms with Gasteiger partial charge in [-0.05, 0) is 48.5 Å². The highest BCUT2D eigenvalue weighted by Gasteiger charge is 2.15. The highest BCUT2D eigenvalue weighted by atomic mass is 32.1. The largest absolute Gasteiger partial charge is 0.480 e. The van der Waals surface area contributed by atoms with E-state index >= 15 is 0 Å². The lowest BCUT2D eigenvalue weighted by Gasteiger charge is -2.19. The molecule has 1 amide bonds. The molecule has 4 aromatic rings. The number of benzene rings is 2. The summed E-state index contributed by atoms with van der Waals surface area (Å²) in [7, 11) is 0. The second-order valence-electron chi connectivity index (χ2n) is 6.97. The number of nitrogens with zero attached hydrogens (tertiary/aromatic N) is 3. The first kappa shape index (κ1) is 20.6. The van der Waals surface area contributed by atoms with Crippen LogP contribution in [0.15, 0.2) is 72.9 Å². The Morgan fingerprint density at radius 1 is 0.968 bits per heavy atom. The second-order valence-corrected chi connectivity index (χ2v) is 8.00. The Morgan fingerprint density at radius 2 is 1.74 bits per heavy atom. The number of amides is 1. The molecule has 2 aromatic heterocycles. The minimum atomic E-state index is -0.996. The summed E-state index contributed by atoms with van der Waals surface area (Å²) in [6.45, 7) is -0.0276. The summed E-state index contributed by atoms with van der Waals surface area (Å²) in [6.07, 6.45) is 1.64. The van der Waals surface area contributed by atoms with E-state index in [0.717, 1.165) is 20.8 Å². The van der Waals surface area contributed by atoms with Crippen molar-refractivity contribution in [3.8, 4) is 10.6 Å². The normalized spacial score (nSPS) is 11.0. The van der Waals surface area contributed by atoms with Gasteiger partial charge in [-0.25, -0.2) is 4.98 Å². The zero-order chi connectivity index (χ0) is 21.6. The molecule has 2 N–H and O–H groups in total. The molecule has 2 aromatic carbocycles. The molecule has 0 atom stereocenters. The molecule has 0 bridgehead atoms. The SMILES string of the molecule is O=C(O)CN(CC(=O)Nc1ccc(-c2nc3ccccc3s2)cc1)Cc1ccccn1. The number of nitrogens with one attached hydrogen (secondary N) is 1. The summed E-state index contributed by atoms with van der Waals surface area (Å²) >= 11 is 1.62. The van der Waals surface area contributed by atoms with Gasteiger partial charge in [0, 0.05) is 24.0 Å². The fraction of sp³-hybridized carbons (Fsp3) is 0.130. The van der Waals surface area contributed by atoms with Crippen molar-refractivity contribution >= 4 is 39.1 Å². The zero-order valence-corrected chi connectivity index (χ0v) is 17.4. The minimum absolute atomic E-state index is 0.0531. The fourth-order valence-corrected chi connectivity index (χ4v) is 4.15. The number of anilines is 1. The fourth-order valence-electron chi connectivity index (χ4n) is 3.18. The van der Waals surface area contributed by atoms with Crippen molar-refractivity contribution in [2.45, 2.75) is 6.54 Å². The highest BCUT2D eigenvalue weighted by Crippen LogP contribution is 2.30. The average molecular weight is 433 g/mol. The van der Waals surface area contributed by atoms with Crippen LogP contribution in [-0.4, -0.2) is 44.9 Å². The summed E-state index contributed by atoms with van der Waals surface area (Å²) in [4.78, 5) is 34.0. The van der Waals surface area contributed by atoms with Crippen LogP contribution in [0.3, 0.4) is 0 Å². The third-order valence-corrected chi connectivity index (χ3v) is 5.63. The molecule has 0 radical (unpaired) electrons. The van der Waals surface area contributed by atoms with E-state index < -0.39 is 5.97 Å². The van der Waals surface area contributed by atoms with Crippen LogP contribution in [0.1, 0.15) is 5.69 Å². The number of hydrogen-bond acceptors (Lipinski definition) is 6. The lowest BCUT2D eigenvalue weighted by atomic mass is 10.2. The van der Waals surface area contributed by atoms with Gasteiger partial charge < -0.3 is 10.4 Å². The number of thiazole rings is 1. The van der Waals surface area contributed by atoms with Crippen molar-refractivity contribution < 1.29 is 14.7 Å². The Kier molecular flexibility index (Phi) is 6.30. The molecule has 4 rings (SSSR count). The third kappa shape index (κ3) is 5.50. The number of carbonyl (C=O) groups excluding carboxylic acids is 1. The van der Waals surface area contributed by atoms with E-state index in [1.807, 2.05) is 54.6 Å². The smallest absolute Gasteiger partial charge is 0.317 e. The van der Waals surface area contributed by atoms with E-state index in [9.17, 15) is 9.59 Å². The highest BCUT2D eigenvalue weighted by molar-refractivity contribution is 7.21. The second kappa shape index (κ2) is 9.46. The van der Waals surface area contributed by atoms with Crippen molar-refractivity contribution in [1.82, 2.24) is 14.9 Å². The maximum Gasteiger partial charge on any atom is 0.317 e. The van der Waals surface area contributed by atoms with Crippen LogP contribution < -0.4 is 5.32 Å². The molecule has 0 saturated heterocycles. The van der Waals surface area contributed by atoms with E-state index in [4.69, 9.17) is 5.11 Å². The van der Waals surface area contributed by atoms with Gasteiger partial charge in [0.15, 0.2) is 0 Å². The van der Waals surface area contributed by atoms with Gasteiger partial charge in [0.2, 0.25) is 5.91 Å². The summed E-state index contributed by atoms with van der Waals surface area (Å²) in [5, 5.41) is 12.9. The van der Waals surface area contributed by atoms with Gasteiger partial charge in [-0.3, -0.25) is 19.5 Å². The molecular formula is C23H20N4O3S. The molecular weight excluding hydrogens is 412 g/mol. The van der Waals surface area contributed by atoms with Crippen LogP contribution in [0.2, 0.25) is 0 Å². The van der Waals surface area contributed by atoms with Gasteiger partial charge in [-0.1, -0.05) is 18.2 Å². The molecule has 0 fully saturated rings. The Bertz CT molecular complexity index is 1160. The van der Waals surface area contributed by atoms with Crippen LogP contribution in [0.4, 0.5) is 5.69 Å². The minimum Gasteiger partial charge on any atom is -0.480 e. The molecule has 0 aliphatic carbocycles. The molecule has 0 unspecified atom stereocenters. The number of rotatable bonds is 8. The van der Waals surface area contributed by atoms with Gasteiger partial charge in [-0.2, -0.15) is 0 Å². The molecule has 0 aliphatic rings. The van der Waals surface area contributed by atoms with E-state index in [1.54, 1.807) is 29.7 Å². The maximum absolute atomic E-state index is 12.5. The molecule has 31 heavy (non-hydrogen) atoms. The summed E-state index contributed by atoms with van der Waals surface area (Å²) in [5.41, 5.74) is 3.29. The van der Waals surface area contributed by atoms with E-state index in [0.29, 0.717) is 11.4 Å².